The highest BCUT2D eigenvalue weighted by atomic mass is 16.5. The molecular formula is C46H84N4O6. The molecule has 1 aliphatic carbocycles. The quantitative estimate of drug-likeness (QED) is 0.0758. The average molecular weight is 789 g/mol. The molecule has 1 aromatic rings. The van der Waals surface area contributed by atoms with Gasteiger partial charge in [0, 0.05) is 27.2 Å². The minimum absolute atomic E-state index is 0.0111. The smallest absolute Gasteiger partial charge is 0.209 e. The molecule has 1 aliphatic rings. The van der Waals surface area contributed by atoms with Gasteiger partial charge in [0.1, 0.15) is 12.4 Å². The number of primary amides is 1. The molecule has 0 heterocycles. The Morgan fingerprint density at radius 2 is 1.43 bits per heavy atom. The number of nitrogens with two attached hydrogens (primary N) is 1. The summed E-state index contributed by atoms with van der Waals surface area (Å²) in [5.74, 6) is 1.87. The van der Waals surface area contributed by atoms with Crippen molar-refractivity contribution in [3.8, 4) is 0 Å². The number of nitrogens with one attached hydrogen (secondary N) is 2. The summed E-state index contributed by atoms with van der Waals surface area (Å²) >= 11 is 0. The van der Waals surface area contributed by atoms with Gasteiger partial charge >= 0.3 is 0 Å². The van der Waals surface area contributed by atoms with Gasteiger partial charge in [0.05, 0.1) is 11.7 Å². The Labute approximate surface area is 343 Å². The van der Waals surface area contributed by atoms with Crippen molar-refractivity contribution in [2.24, 2.45) is 17.6 Å². The lowest BCUT2D eigenvalue weighted by molar-refractivity contribution is -0.132. The number of hydrogen-bond acceptors (Lipinski definition) is 8. The minimum Gasteiger partial charge on any atom is -0.382 e. The van der Waals surface area contributed by atoms with Crippen LogP contribution in [0.3, 0.4) is 0 Å². The number of ether oxygens (including phenoxy) is 1. The molecule has 3 unspecified atom stereocenters. The Morgan fingerprint density at radius 1 is 0.946 bits per heavy atom. The lowest BCUT2D eigenvalue weighted by Crippen LogP contribution is -2.38. The first kappa shape index (κ1) is 61.2. The first-order valence-electron chi connectivity index (χ1n) is 20.3. The molecule has 2 amide bonds. The molecule has 10 heteroatoms. The van der Waals surface area contributed by atoms with Crippen molar-refractivity contribution < 1.29 is 28.7 Å². The zero-order valence-corrected chi connectivity index (χ0v) is 37.7. The van der Waals surface area contributed by atoms with Crippen LogP contribution < -0.4 is 16.4 Å². The van der Waals surface area contributed by atoms with Crippen molar-refractivity contribution in [3.05, 3.63) is 73.1 Å². The summed E-state index contributed by atoms with van der Waals surface area (Å²) in [6, 6.07) is 10.0. The molecule has 4 N–H and O–H groups in total. The predicted molar refractivity (Wildman–Crippen MR) is 238 cm³/mol. The maximum absolute atomic E-state index is 12.3. The number of amides is 2. The van der Waals surface area contributed by atoms with Crippen molar-refractivity contribution >= 4 is 30.7 Å². The molecule has 1 saturated carbocycles. The van der Waals surface area contributed by atoms with Crippen LogP contribution in [0.5, 0.6) is 0 Å². The van der Waals surface area contributed by atoms with Crippen molar-refractivity contribution in [1.29, 1.82) is 0 Å². The van der Waals surface area contributed by atoms with Crippen LogP contribution >= 0.6 is 0 Å². The van der Waals surface area contributed by atoms with Gasteiger partial charge in [-0.3, -0.25) is 19.2 Å². The number of allylic oxidation sites excluding steroid dienone is 1. The maximum atomic E-state index is 12.3. The van der Waals surface area contributed by atoms with Crippen LogP contribution in [-0.2, 0) is 28.7 Å². The lowest BCUT2D eigenvalue weighted by atomic mass is 9.84. The van der Waals surface area contributed by atoms with Gasteiger partial charge in [0.25, 0.3) is 0 Å². The zero-order valence-electron chi connectivity index (χ0n) is 37.7. The van der Waals surface area contributed by atoms with Crippen molar-refractivity contribution in [1.82, 2.24) is 15.5 Å². The van der Waals surface area contributed by atoms with E-state index in [0.29, 0.717) is 30.7 Å². The topological polar surface area (TPSA) is 148 Å². The second-order valence-corrected chi connectivity index (χ2v) is 14.2. The number of nitrogens with zero attached hydrogens (tertiary/aromatic N) is 1. The van der Waals surface area contributed by atoms with Gasteiger partial charge in [-0.05, 0) is 82.4 Å². The highest BCUT2D eigenvalue weighted by Gasteiger charge is 2.27. The molecule has 2 rings (SSSR count). The summed E-state index contributed by atoms with van der Waals surface area (Å²) in [5, 5.41) is 6.16. The monoisotopic (exact) mass is 789 g/mol. The lowest BCUT2D eigenvalue weighted by Gasteiger charge is -2.28. The van der Waals surface area contributed by atoms with E-state index in [0.717, 1.165) is 37.9 Å². The molecule has 1 fully saturated rings. The molecule has 0 radical (unpaired) electrons. The average Bonchev–Trinajstić information content (AvgIpc) is 3.17. The van der Waals surface area contributed by atoms with Crippen LogP contribution in [0, 0.1) is 11.8 Å². The summed E-state index contributed by atoms with van der Waals surface area (Å²) in [6.07, 6.45) is 14.7. The number of benzene rings is 1. The van der Waals surface area contributed by atoms with E-state index < -0.39 is 0 Å². The number of carbonyl (C=O) groups is 5. The molecule has 0 bridgehead atoms. The Bertz CT molecular complexity index is 1110. The van der Waals surface area contributed by atoms with Gasteiger partial charge in [-0.25, -0.2) is 0 Å². The van der Waals surface area contributed by atoms with Crippen molar-refractivity contribution in [3.63, 3.8) is 0 Å². The number of aldehydes is 1. The van der Waals surface area contributed by atoms with E-state index in [-0.39, 0.29) is 30.1 Å². The van der Waals surface area contributed by atoms with Gasteiger partial charge in [0.2, 0.25) is 12.8 Å². The fourth-order valence-electron chi connectivity index (χ4n) is 4.93. The van der Waals surface area contributed by atoms with E-state index >= 15 is 0 Å². The second-order valence-electron chi connectivity index (χ2n) is 14.2. The van der Waals surface area contributed by atoms with Crippen LogP contribution in [0.2, 0.25) is 0 Å². The van der Waals surface area contributed by atoms with Crippen molar-refractivity contribution in [2.45, 2.75) is 152 Å². The SMILES string of the molecule is C=C(CC)CCC.C=CNC(CCC)C(=O)C(=C)NCC(C)c1ccccc1.CC(C)C.CC=O.CCOC(C(C)=O)C1CCCCC1.CN(C)C=O.NC=O. The van der Waals surface area contributed by atoms with E-state index in [1.54, 1.807) is 27.2 Å². The third-order valence-electron chi connectivity index (χ3n) is 7.64. The Morgan fingerprint density at radius 3 is 1.77 bits per heavy atom. The van der Waals surface area contributed by atoms with Gasteiger partial charge < -0.3 is 30.8 Å². The third kappa shape index (κ3) is 42.7. The molecule has 0 aromatic heterocycles. The van der Waals surface area contributed by atoms with E-state index in [2.05, 4.69) is 96.7 Å². The molecular weight excluding hydrogens is 705 g/mol. The van der Waals surface area contributed by atoms with Gasteiger partial charge in [-0.2, -0.15) is 0 Å². The number of ketones is 2. The molecule has 56 heavy (non-hydrogen) atoms. The summed E-state index contributed by atoms with van der Waals surface area (Å²) in [7, 11) is 3.38. The van der Waals surface area contributed by atoms with Crippen LogP contribution in [0.15, 0.2) is 67.5 Å². The van der Waals surface area contributed by atoms with Crippen LogP contribution in [0.1, 0.15) is 145 Å². The Hall–Kier alpha value is -4.05. The van der Waals surface area contributed by atoms with E-state index in [9.17, 15) is 14.4 Å². The van der Waals surface area contributed by atoms with Crippen LogP contribution in [0.25, 0.3) is 0 Å². The maximum Gasteiger partial charge on any atom is 0.209 e. The number of hydrogen-bond donors (Lipinski definition) is 3. The molecule has 3 atom stereocenters. The number of Topliss-reactive ketones (excluding diaryl/α,β-unsaturated/α-hetero) is 2. The van der Waals surface area contributed by atoms with Crippen LogP contribution in [-0.4, -0.2) is 75.0 Å². The predicted octanol–water partition coefficient (Wildman–Crippen LogP) is 9.35. The number of rotatable bonds is 18. The zero-order chi connectivity index (χ0) is 44.3. The van der Waals surface area contributed by atoms with Gasteiger partial charge in [-0.15, -0.1) is 0 Å². The van der Waals surface area contributed by atoms with E-state index in [1.807, 2.05) is 25.1 Å². The molecule has 324 valence electrons. The molecule has 10 nitrogen and oxygen atoms in total. The third-order valence-corrected chi connectivity index (χ3v) is 7.64. The standard InChI is InChI=1S/C18H26N2O.C11H20O2.C7H14.C4H10.C3H7NO.C2H4O.CH3NO/c1-5-10-17(19-6-2)18(21)15(4)20-13-14(3)16-11-8-7-9-12-16;1-3-13-11(9(2)12)10-7-5-4-6-8-10;1-4-6-7(3)5-2;1-4(2)3;1-4(2)3-5;1-2-3;2-1-3/h6-9,11-12,14,17,19-20H,2,4-5,10,13H2,1,3H3;10-11H,3-8H2,1-2H3;3-6H2,1-2H3;4H,1-3H3;3H,1-2H3;2H,1H3;1H,(H2,2,3). The highest BCUT2D eigenvalue weighted by Crippen LogP contribution is 2.28. The Balaban J connectivity index is -0.000000210. The summed E-state index contributed by atoms with van der Waals surface area (Å²) in [4.78, 5) is 51.9. The molecule has 0 saturated heterocycles. The fourth-order valence-corrected chi connectivity index (χ4v) is 4.93. The van der Waals surface area contributed by atoms with Gasteiger partial charge in [0.15, 0.2) is 11.6 Å². The summed E-state index contributed by atoms with van der Waals surface area (Å²) in [5.41, 5.74) is 7.26. The normalized spacial score (nSPS) is 12.7. The molecule has 1 aromatic carbocycles. The highest BCUT2D eigenvalue weighted by molar-refractivity contribution is 5.98. The fraction of sp³-hybridized carbons (Fsp3) is 0.630. The first-order chi connectivity index (χ1) is 26.5. The summed E-state index contributed by atoms with van der Waals surface area (Å²) < 4.78 is 5.49. The summed E-state index contributed by atoms with van der Waals surface area (Å²) in [6.45, 7) is 32.8. The van der Waals surface area contributed by atoms with Gasteiger partial charge in [-0.1, -0.05) is 136 Å². The minimum atomic E-state index is -0.237. The second kappa shape index (κ2) is 45.3. The number of carbonyl (C=O) groups excluding carboxylic acids is 5. The Kier molecular flexibility index (Phi) is 49.5. The van der Waals surface area contributed by atoms with Crippen molar-refractivity contribution in [2.75, 3.05) is 27.2 Å². The molecule has 0 spiro atoms. The van der Waals surface area contributed by atoms with E-state index in [4.69, 9.17) is 14.3 Å². The molecule has 0 aliphatic heterocycles. The first-order valence-corrected chi connectivity index (χ1v) is 20.3. The van der Waals surface area contributed by atoms with Crippen LogP contribution in [0.4, 0.5) is 0 Å². The largest absolute Gasteiger partial charge is 0.382 e. The van der Waals surface area contributed by atoms with E-state index in [1.165, 1.54) is 67.9 Å².